The van der Waals surface area contributed by atoms with Crippen LogP contribution in [0.3, 0.4) is 0 Å². The lowest BCUT2D eigenvalue weighted by molar-refractivity contribution is 0.105. The quantitative estimate of drug-likeness (QED) is 0.485. The van der Waals surface area contributed by atoms with Gasteiger partial charge in [0.05, 0.1) is 23.4 Å². The number of hydrogen-bond acceptors (Lipinski definition) is 6. The number of ether oxygens (including phenoxy) is 1. The molecule has 2 atom stereocenters. The molecule has 3 aromatic heterocycles. The van der Waals surface area contributed by atoms with Crippen LogP contribution in [0.15, 0.2) is 24.7 Å². The van der Waals surface area contributed by atoms with Gasteiger partial charge in [-0.25, -0.2) is 24.1 Å². The van der Waals surface area contributed by atoms with Gasteiger partial charge in [0.2, 0.25) is 0 Å². The molecule has 0 spiro atoms. The molecule has 2 amide bonds. The molecule has 180 valence electrons. The molecule has 0 saturated carbocycles. The third-order valence-electron chi connectivity index (χ3n) is 6.38. The van der Waals surface area contributed by atoms with E-state index in [0.717, 1.165) is 50.3 Å². The van der Waals surface area contributed by atoms with E-state index in [1.165, 1.54) is 0 Å². The van der Waals surface area contributed by atoms with Gasteiger partial charge in [-0.2, -0.15) is 0 Å². The third-order valence-corrected chi connectivity index (χ3v) is 6.59. The van der Waals surface area contributed by atoms with Crippen molar-refractivity contribution < 1.29 is 13.9 Å². The number of rotatable bonds is 6. The Kier molecular flexibility index (Phi) is 6.77. The molecule has 2 aliphatic heterocycles. The fraction of sp³-hybridized carbons (Fsp3) is 0.478. The number of anilines is 1. The SMILES string of the molecule is O=C(NCC1CCCO1)N1CCCC[C@@H]1CNc1nc(-c2c[nH]c3ncc(Cl)cc23)ncc1F. The first-order valence-corrected chi connectivity index (χ1v) is 12.0. The molecule has 2 fully saturated rings. The molecule has 1 unspecified atom stereocenters. The molecule has 5 rings (SSSR count). The number of halogens is 2. The Morgan fingerprint density at radius 1 is 1.24 bits per heavy atom. The van der Waals surface area contributed by atoms with Crippen molar-refractivity contribution in [3.63, 3.8) is 0 Å². The van der Waals surface area contributed by atoms with Crippen LogP contribution in [-0.4, -0.2) is 69.3 Å². The van der Waals surface area contributed by atoms with Crippen molar-refractivity contribution in [2.24, 2.45) is 0 Å². The predicted molar refractivity (Wildman–Crippen MR) is 127 cm³/mol. The number of nitrogens with one attached hydrogen (secondary N) is 3. The summed E-state index contributed by atoms with van der Waals surface area (Å²) in [4.78, 5) is 30.5. The van der Waals surface area contributed by atoms with Crippen molar-refractivity contribution in [1.82, 2.24) is 30.2 Å². The maximum Gasteiger partial charge on any atom is 0.317 e. The summed E-state index contributed by atoms with van der Waals surface area (Å²) >= 11 is 6.09. The normalized spacial score (nSPS) is 20.6. The fourth-order valence-corrected chi connectivity index (χ4v) is 4.74. The largest absolute Gasteiger partial charge is 0.376 e. The number of carbonyl (C=O) groups excluding carboxylic acids is 1. The Hall–Kier alpha value is -2.98. The molecule has 2 saturated heterocycles. The van der Waals surface area contributed by atoms with E-state index in [1.807, 2.05) is 4.90 Å². The van der Waals surface area contributed by atoms with Crippen molar-refractivity contribution in [3.8, 4) is 11.4 Å². The number of pyridine rings is 1. The average molecular weight is 488 g/mol. The monoisotopic (exact) mass is 487 g/mol. The number of piperidine rings is 1. The van der Waals surface area contributed by atoms with E-state index in [9.17, 15) is 9.18 Å². The Morgan fingerprint density at radius 3 is 3.00 bits per heavy atom. The third kappa shape index (κ3) is 4.92. The molecular weight excluding hydrogens is 461 g/mol. The second-order valence-corrected chi connectivity index (χ2v) is 9.12. The number of likely N-dealkylation sites (tertiary alicyclic amines) is 1. The maximum absolute atomic E-state index is 14.6. The number of amides is 2. The van der Waals surface area contributed by atoms with E-state index in [4.69, 9.17) is 16.3 Å². The van der Waals surface area contributed by atoms with Gasteiger partial charge in [-0.1, -0.05) is 11.6 Å². The minimum atomic E-state index is -0.551. The molecule has 9 nitrogen and oxygen atoms in total. The summed E-state index contributed by atoms with van der Waals surface area (Å²) in [5.74, 6) is -0.0985. The number of carbonyl (C=O) groups is 1. The van der Waals surface area contributed by atoms with Gasteiger partial charge < -0.3 is 25.3 Å². The molecule has 2 aliphatic rings. The van der Waals surface area contributed by atoms with Crippen LogP contribution in [-0.2, 0) is 4.74 Å². The highest BCUT2D eigenvalue weighted by molar-refractivity contribution is 6.31. The van der Waals surface area contributed by atoms with Crippen molar-refractivity contribution >= 4 is 34.5 Å². The van der Waals surface area contributed by atoms with Crippen molar-refractivity contribution in [3.05, 3.63) is 35.5 Å². The topological polar surface area (TPSA) is 108 Å². The number of H-pyrrole nitrogens is 1. The van der Waals surface area contributed by atoms with E-state index in [0.29, 0.717) is 41.7 Å². The Balaban J connectivity index is 1.27. The first-order valence-electron chi connectivity index (χ1n) is 11.6. The van der Waals surface area contributed by atoms with Crippen LogP contribution < -0.4 is 10.6 Å². The van der Waals surface area contributed by atoms with Crippen LogP contribution in [0.25, 0.3) is 22.4 Å². The Morgan fingerprint density at radius 2 is 2.15 bits per heavy atom. The smallest absolute Gasteiger partial charge is 0.317 e. The number of aromatic nitrogens is 4. The van der Waals surface area contributed by atoms with Gasteiger partial charge in [0, 0.05) is 49.6 Å². The van der Waals surface area contributed by atoms with Gasteiger partial charge in [0.1, 0.15) is 5.65 Å². The fourth-order valence-electron chi connectivity index (χ4n) is 4.59. The molecule has 0 bridgehead atoms. The summed E-state index contributed by atoms with van der Waals surface area (Å²) in [6, 6.07) is 1.60. The van der Waals surface area contributed by atoms with Crippen LogP contribution >= 0.6 is 11.6 Å². The summed E-state index contributed by atoms with van der Waals surface area (Å²) in [6.07, 6.45) is 9.33. The zero-order valence-electron chi connectivity index (χ0n) is 18.7. The lowest BCUT2D eigenvalue weighted by atomic mass is 10.0. The zero-order valence-corrected chi connectivity index (χ0v) is 19.4. The second-order valence-electron chi connectivity index (χ2n) is 8.69. The highest BCUT2D eigenvalue weighted by Gasteiger charge is 2.28. The summed E-state index contributed by atoms with van der Waals surface area (Å²) in [5, 5.41) is 7.35. The molecule has 11 heteroatoms. The number of fused-ring (bicyclic) bond motifs is 1. The van der Waals surface area contributed by atoms with E-state index in [2.05, 4.69) is 30.6 Å². The number of hydrogen-bond donors (Lipinski definition) is 3. The van der Waals surface area contributed by atoms with Gasteiger partial charge in [-0.3, -0.25) is 0 Å². The molecule has 3 aromatic rings. The van der Waals surface area contributed by atoms with Crippen LogP contribution in [0.2, 0.25) is 5.02 Å². The van der Waals surface area contributed by atoms with Crippen molar-refractivity contribution in [2.45, 2.75) is 44.2 Å². The minimum absolute atomic E-state index is 0.0628. The van der Waals surface area contributed by atoms with Crippen LogP contribution in [0.5, 0.6) is 0 Å². The lowest BCUT2D eigenvalue weighted by Gasteiger charge is -2.36. The molecule has 5 heterocycles. The molecule has 0 radical (unpaired) electrons. The molecule has 0 aromatic carbocycles. The summed E-state index contributed by atoms with van der Waals surface area (Å²) in [5.41, 5.74) is 1.33. The highest BCUT2D eigenvalue weighted by Crippen LogP contribution is 2.28. The predicted octanol–water partition coefficient (Wildman–Crippen LogP) is 3.97. The number of urea groups is 1. The number of aromatic amines is 1. The van der Waals surface area contributed by atoms with Gasteiger partial charge in [0.15, 0.2) is 17.5 Å². The second kappa shape index (κ2) is 10.1. The summed E-state index contributed by atoms with van der Waals surface area (Å²) in [7, 11) is 0. The Bertz CT molecular complexity index is 1170. The van der Waals surface area contributed by atoms with Gasteiger partial charge in [-0.15, -0.1) is 0 Å². The van der Waals surface area contributed by atoms with E-state index in [1.54, 1.807) is 18.5 Å². The summed E-state index contributed by atoms with van der Waals surface area (Å²) in [6.45, 7) is 2.33. The minimum Gasteiger partial charge on any atom is -0.376 e. The van der Waals surface area contributed by atoms with Crippen molar-refractivity contribution in [1.29, 1.82) is 0 Å². The average Bonchev–Trinajstić information content (AvgIpc) is 3.52. The van der Waals surface area contributed by atoms with Gasteiger partial charge in [0.25, 0.3) is 0 Å². The van der Waals surface area contributed by atoms with Gasteiger partial charge >= 0.3 is 6.03 Å². The van der Waals surface area contributed by atoms with E-state index >= 15 is 0 Å². The summed E-state index contributed by atoms with van der Waals surface area (Å²) < 4.78 is 20.2. The molecule has 3 N–H and O–H groups in total. The lowest BCUT2D eigenvalue weighted by Crippen LogP contribution is -2.52. The standard InChI is InChI=1S/C23H27ClFN7O2/c24-14-8-17-18(12-28-20(17)26-9-14)21-29-13-19(25)22(31-21)27-10-15-4-1-2-6-32(15)23(33)30-11-16-5-3-7-34-16/h8-9,12-13,15-16H,1-7,10-11H2,(H,26,28)(H,30,33)(H,27,29,31)/t15-,16?/m1/s1. The zero-order chi connectivity index (χ0) is 23.5. The van der Waals surface area contributed by atoms with Crippen molar-refractivity contribution in [2.75, 3.05) is 31.6 Å². The van der Waals surface area contributed by atoms with E-state index < -0.39 is 5.82 Å². The highest BCUT2D eigenvalue weighted by atomic mass is 35.5. The first-order chi connectivity index (χ1) is 16.6. The maximum atomic E-state index is 14.6. The van der Waals surface area contributed by atoms with Crippen LogP contribution in [0.4, 0.5) is 15.0 Å². The number of nitrogens with zero attached hydrogens (tertiary/aromatic N) is 4. The molecule has 0 aliphatic carbocycles. The van der Waals surface area contributed by atoms with Gasteiger partial charge in [-0.05, 0) is 38.2 Å². The first kappa shape index (κ1) is 22.8. The molecule has 34 heavy (non-hydrogen) atoms. The molecular formula is C23H27ClFN7O2. The van der Waals surface area contributed by atoms with Crippen LogP contribution in [0.1, 0.15) is 32.1 Å². The van der Waals surface area contributed by atoms with Crippen LogP contribution in [0, 0.1) is 5.82 Å². The Labute approximate surface area is 201 Å². The van der Waals surface area contributed by atoms with E-state index in [-0.39, 0.29) is 24.0 Å².